The molecule has 4 nitrogen and oxygen atoms in total. The third-order valence-electron chi connectivity index (χ3n) is 2.15. The van der Waals surface area contributed by atoms with E-state index in [4.69, 9.17) is 0 Å². The van der Waals surface area contributed by atoms with Crippen molar-refractivity contribution in [2.45, 2.75) is 13.5 Å². The first-order chi connectivity index (χ1) is 7.75. The van der Waals surface area contributed by atoms with Crippen LogP contribution in [0.1, 0.15) is 5.56 Å². The molecule has 0 aromatic carbocycles. The van der Waals surface area contributed by atoms with Crippen LogP contribution < -0.4 is 5.32 Å². The molecule has 2 aromatic rings. The Morgan fingerprint density at radius 2 is 2.38 bits per heavy atom. The number of aryl methyl sites for hydroxylation is 1. The number of nitrogens with zero attached hydrogens (tertiary/aromatic N) is 3. The molecule has 0 aliphatic heterocycles. The van der Waals surface area contributed by atoms with Gasteiger partial charge in [0.1, 0.15) is 0 Å². The van der Waals surface area contributed by atoms with E-state index in [1.54, 1.807) is 18.5 Å². The zero-order chi connectivity index (χ0) is 11.4. The average Bonchev–Trinajstić information content (AvgIpc) is 2.67. The van der Waals surface area contributed by atoms with Crippen LogP contribution in [0.2, 0.25) is 0 Å². The molecule has 5 heteroatoms. The van der Waals surface area contributed by atoms with Gasteiger partial charge in [0.2, 0.25) is 0 Å². The predicted octanol–water partition coefficient (Wildman–Crippen LogP) is 1.84. The fourth-order valence-corrected chi connectivity index (χ4v) is 1.39. The number of aromatic nitrogens is 3. The third-order valence-corrected chi connectivity index (χ3v) is 2.15. The zero-order valence-electron chi connectivity index (χ0n) is 9.02. The van der Waals surface area contributed by atoms with Crippen molar-refractivity contribution in [1.29, 1.82) is 0 Å². The summed E-state index contributed by atoms with van der Waals surface area (Å²) < 4.78 is 15.0. The number of rotatable bonds is 4. The van der Waals surface area contributed by atoms with Gasteiger partial charge in [-0.15, -0.1) is 0 Å². The van der Waals surface area contributed by atoms with E-state index in [1.807, 2.05) is 17.8 Å². The molecule has 2 heterocycles. The molecular formula is C11H13FN4. The largest absolute Gasteiger partial charge is 0.366 e. The Labute approximate surface area is 93.1 Å². The standard InChI is InChI=1S/C11H13FN4/c1-9-7-15-16(8-9)6-5-14-11-10(12)3-2-4-13-11/h2-4,7-8H,5-6H2,1H3,(H,13,14). The molecule has 84 valence electrons. The Morgan fingerprint density at radius 3 is 3.06 bits per heavy atom. The summed E-state index contributed by atoms with van der Waals surface area (Å²) in [5.74, 6) is -0.0504. The van der Waals surface area contributed by atoms with E-state index in [2.05, 4.69) is 15.4 Å². The van der Waals surface area contributed by atoms with Crippen molar-refractivity contribution in [3.8, 4) is 0 Å². The molecule has 2 rings (SSSR count). The normalized spacial score (nSPS) is 10.4. The lowest BCUT2D eigenvalue weighted by molar-refractivity contribution is 0.612. The maximum atomic E-state index is 13.2. The van der Waals surface area contributed by atoms with Gasteiger partial charge in [-0.3, -0.25) is 4.68 Å². The second kappa shape index (κ2) is 4.74. The van der Waals surface area contributed by atoms with Crippen LogP contribution in [0.15, 0.2) is 30.7 Å². The van der Waals surface area contributed by atoms with Crippen LogP contribution in [-0.2, 0) is 6.54 Å². The molecule has 0 aliphatic carbocycles. The van der Waals surface area contributed by atoms with E-state index < -0.39 is 0 Å². The van der Waals surface area contributed by atoms with Crippen molar-refractivity contribution < 1.29 is 4.39 Å². The first-order valence-corrected chi connectivity index (χ1v) is 5.09. The van der Waals surface area contributed by atoms with Gasteiger partial charge in [-0.2, -0.15) is 5.10 Å². The fourth-order valence-electron chi connectivity index (χ4n) is 1.39. The summed E-state index contributed by atoms with van der Waals surface area (Å²) in [7, 11) is 0. The van der Waals surface area contributed by atoms with Gasteiger partial charge in [0.15, 0.2) is 11.6 Å². The SMILES string of the molecule is Cc1cnn(CCNc2ncccc2F)c1. The number of pyridine rings is 1. The highest BCUT2D eigenvalue weighted by Crippen LogP contribution is 2.07. The highest BCUT2D eigenvalue weighted by Gasteiger charge is 2.00. The summed E-state index contributed by atoms with van der Waals surface area (Å²) in [6.45, 7) is 3.26. The molecule has 0 spiro atoms. The molecule has 16 heavy (non-hydrogen) atoms. The highest BCUT2D eigenvalue weighted by atomic mass is 19.1. The van der Waals surface area contributed by atoms with Crippen LogP contribution in [0.4, 0.5) is 10.2 Å². The average molecular weight is 220 g/mol. The zero-order valence-corrected chi connectivity index (χ0v) is 9.02. The highest BCUT2D eigenvalue weighted by molar-refractivity contribution is 5.35. The monoisotopic (exact) mass is 220 g/mol. The van der Waals surface area contributed by atoms with Crippen molar-refractivity contribution in [2.75, 3.05) is 11.9 Å². The smallest absolute Gasteiger partial charge is 0.165 e. The quantitative estimate of drug-likeness (QED) is 0.854. The van der Waals surface area contributed by atoms with Crippen molar-refractivity contribution in [2.24, 2.45) is 0 Å². The van der Waals surface area contributed by atoms with Crippen LogP contribution in [0.5, 0.6) is 0 Å². The van der Waals surface area contributed by atoms with Gasteiger partial charge in [-0.05, 0) is 24.6 Å². The van der Waals surface area contributed by atoms with Crippen LogP contribution in [0.3, 0.4) is 0 Å². The summed E-state index contributed by atoms with van der Waals surface area (Å²) in [6, 6.07) is 2.95. The Morgan fingerprint density at radius 1 is 1.50 bits per heavy atom. The number of halogens is 1. The molecule has 0 saturated carbocycles. The van der Waals surface area contributed by atoms with Crippen molar-refractivity contribution >= 4 is 5.82 Å². The fraction of sp³-hybridized carbons (Fsp3) is 0.273. The topological polar surface area (TPSA) is 42.7 Å². The molecule has 2 aromatic heterocycles. The molecule has 0 saturated heterocycles. The summed E-state index contributed by atoms with van der Waals surface area (Å²) in [5, 5.41) is 7.06. The minimum Gasteiger partial charge on any atom is -0.366 e. The summed E-state index contributed by atoms with van der Waals surface area (Å²) in [4.78, 5) is 3.90. The molecule has 0 radical (unpaired) electrons. The molecule has 1 N–H and O–H groups in total. The Bertz CT molecular complexity index is 467. The van der Waals surface area contributed by atoms with Gasteiger partial charge in [0.05, 0.1) is 12.7 Å². The second-order valence-corrected chi connectivity index (χ2v) is 3.54. The third kappa shape index (κ3) is 2.56. The molecule has 0 bridgehead atoms. The van der Waals surface area contributed by atoms with Crippen molar-refractivity contribution in [3.05, 3.63) is 42.1 Å². The minimum absolute atomic E-state index is 0.284. The summed E-state index contributed by atoms with van der Waals surface area (Å²) in [5.41, 5.74) is 1.11. The lowest BCUT2D eigenvalue weighted by Crippen LogP contribution is -2.12. The maximum absolute atomic E-state index is 13.2. The molecule has 0 fully saturated rings. The molecular weight excluding hydrogens is 207 g/mol. The van der Waals surface area contributed by atoms with Gasteiger partial charge in [-0.25, -0.2) is 9.37 Å². The van der Waals surface area contributed by atoms with E-state index in [1.165, 1.54) is 6.07 Å². The van der Waals surface area contributed by atoms with E-state index in [9.17, 15) is 4.39 Å². The van der Waals surface area contributed by atoms with E-state index in [0.29, 0.717) is 13.1 Å². The first kappa shape index (κ1) is 10.6. The van der Waals surface area contributed by atoms with Crippen LogP contribution in [0, 0.1) is 12.7 Å². The molecule has 0 aliphatic rings. The van der Waals surface area contributed by atoms with E-state index in [-0.39, 0.29) is 11.6 Å². The van der Waals surface area contributed by atoms with Crippen molar-refractivity contribution in [1.82, 2.24) is 14.8 Å². The summed E-state index contributed by atoms with van der Waals surface area (Å²) >= 11 is 0. The van der Waals surface area contributed by atoms with Crippen LogP contribution in [-0.4, -0.2) is 21.3 Å². The lowest BCUT2D eigenvalue weighted by atomic mass is 10.4. The molecule has 0 unspecified atom stereocenters. The second-order valence-electron chi connectivity index (χ2n) is 3.54. The lowest BCUT2D eigenvalue weighted by Gasteiger charge is -2.05. The Balaban J connectivity index is 1.87. The van der Waals surface area contributed by atoms with E-state index in [0.717, 1.165) is 5.56 Å². The Hall–Kier alpha value is -1.91. The number of hydrogen-bond donors (Lipinski definition) is 1. The van der Waals surface area contributed by atoms with Crippen LogP contribution in [0.25, 0.3) is 0 Å². The number of anilines is 1. The minimum atomic E-state index is -0.334. The Kier molecular flexibility index (Phi) is 3.14. The van der Waals surface area contributed by atoms with E-state index >= 15 is 0 Å². The van der Waals surface area contributed by atoms with Crippen molar-refractivity contribution in [3.63, 3.8) is 0 Å². The van der Waals surface area contributed by atoms with Gasteiger partial charge in [0.25, 0.3) is 0 Å². The number of hydrogen-bond acceptors (Lipinski definition) is 3. The predicted molar refractivity (Wildman–Crippen MR) is 59.6 cm³/mol. The molecule has 0 amide bonds. The maximum Gasteiger partial charge on any atom is 0.165 e. The number of nitrogens with one attached hydrogen (secondary N) is 1. The molecule has 0 atom stereocenters. The van der Waals surface area contributed by atoms with Crippen LogP contribution >= 0.6 is 0 Å². The first-order valence-electron chi connectivity index (χ1n) is 5.09. The van der Waals surface area contributed by atoms with Gasteiger partial charge < -0.3 is 5.32 Å². The van der Waals surface area contributed by atoms with Gasteiger partial charge >= 0.3 is 0 Å². The van der Waals surface area contributed by atoms with Gasteiger partial charge in [-0.1, -0.05) is 0 Å². The van der Waals surface area contributed by atoms with Gasteiger partial charge in [0, 0.05) is 18.9 Å². The summed E-state index contributed by atoms with van der Waals surface area (Å²) in [6.07, 6.45) is 5.29.